The Morgan fingerprint density at radius 3 is 2.80 bits per heavy atom. The van der Waals surface area contributed by atoms with Gasteiger partial charge in [-0.05, 0) is 24.6 Å². The van der Waals surface area contributed by atoms with Crippen LogP contribution in [0.25, 0.3) is 0 Å². The summed E-state index contributed by atoms with van der Waals surface area (Å²) in [5.41, 5.74) is 0.850. The molecule has 0 fully saturated rings. The number of carbonyl (C=O) groups excluding carboxylic acids is 1. The second-order valence-corrected chi connectivity index (χ2v) is 9.29. The first-order valence-electron chi connectivity index (χ1n) is 7.24. The molecule has 2 rings (SSSR count). The van der Waals surface area contributed by atoms with Crippen LogP contribution in [-0.2, 0) is 20.5 Å². The summed E-state index contributed by atoms with van der Waals surface area (Å²) in [5, 5.41) is 10.7. The Kier molecular flexibility index (Phi) is 6.76. The number of thioether (sulfide) groups is 1. The van der Waals surface area contributed by atoms with Gasteiger partial charge in [0.15, 0.2) is 4.34 Å². The first-order valence-corrected chi connectivity index (χ1v) is 10.5. The summed E-state index contributed by atoms with van der Waals surface area (Å²) in [6.07, 6.45) is -0.572. The number of nitrogens with one attached hydrogen (secondary N) is 1. The second-order valence-electron chi connectivity index (χ2n) is 4.94. The molecule has 0 bridgehead atoms. The van der Waals surface area contributed by atoms with Crippen LogP contribution in [0.15, 0.2) is 33.5 Å². The van der Waals surface area contributed by atoms with Crippen molar-refractivity contribution in [1.82, 2.24) is 14.5 Å². The number of amides is 1. The van der Waals surface area contributed by atoms with Crippen molar-refractivity contribution in [2.45, 2.75) is 21.9 Å². The van der Waals surface area contributed by atoms with Gasteiger partial charge in [0.05, 0.1) is 11.5 Å². The molecule has 0 aliphatic rings. The van der Waals surface area contributed by atoms with Crippen LogP contribution in [0.3, 0.4) is 0 Å². The first-order chi connectivity index (χ1) is 11.8. The summed E-state index contributed by atoms with van der Waals surface area (Å²) < 4.78 is 30.9. The molecule has 0 radical (unpaired) electrons. The number of carbonyl (C=O) groups is 1. The molecule has 8 nitrogen and oxygen atoms in total. The Morgan fingerprint density at radius 1 is 1.36 bits per heavy atom. The molecule has 0 atom stereocenters. The fourth-order valence-corrected chi connectivity index (χ4v) is 4.38. The number of sulfonamides is 1. The van der Waals surface area contributed by atoms with E-state index in [0.717, 1.165) is 5.56 Å². The van der Waals surface area contributed by atoms with Gasteiger partial charge in [0.1, 0.15) is 0 Å². The van der Waals surface area contributed by atoms with Crippen molar-refractivity contribution in [1.29, 1.82) is 0 Å². The Balaban J connectivity index is 2.00. The lowest BCUT2D eigenvalue weighted by molar-refractivity contribution is 0.168. The molecule has 0 spiro atoms. The van der Waals surface area contributed by atoms with Crippen LogP contribution in [0.1, 0.15) is 12.5 Å². The van der Waals surface area contributed by atoms with Crippen LogP contribution in [0, 0.1) is 0 Å². The minimum absolute atomic E-state index is 0.248. The Morgan fingerprint density at radius 2 is 2.12 bits per heavy atom. The van der Waals surface area contributed by atoms with E-state index in [4.69, 9.17) is 4.74 Å². The Bertz CT molecular complexity index is 836. The smallest absolute Gasteiger partial charge is 0.413 e. The number of nitrogens with zero attached hydrogens (tertiary/aromatic N) is 3. The number of aromatic nitrogens is 2. The maximum absolute atomic E-state index is 12.2. The van der Waals surface area contributed by atoms with Crippen molar-refractivity contribution >= 4 is 44.3 Å². The van der Waals surface area contributed by atoms with Crippen LogP contribution in [0.2, 0.25) is 0 Å². The number of rotatable bonds is 7. The average Bonchev–Trinajstić information content (AvgIpc) is 3.00. The molecule has 0 saturated heterocycles. The highest BCUT2D eigenvalue weighted by Crippen LogP contribution is 2.29. The van der Waals surface area contributed by atoms with E-state index in [0.29, 0.717) is 15.2 Å². The molecule has 1 aromatic heterocycles. The molecule has 2 aromatic rings. The van der Waals surface area contributed by atoms with Gasteiger partial charge < -0.3 is 4.74 Å². The monoisotopic (exact) mass is 402 g/mol. The Hall–Kier alpha value is -1.69. The van der Waals surface area contributed by atoms with Crippen molar-refractivity contribution in [3.63, 3.8) is 0 Å². The summed E-state index contributed by atoms with van der Waals surface area (Å²) in [6, 6.07) is 6.76. The third kappa shape index (κ3) is 5.39. The van der Waals surface area contributed by atoms with E-state index in [1.54, 1.807) is 25.1 Å². The molecule has 0 saturated carbocycles. The van der Waals surface area contributed by atoms with Crippen molar-refractivity contribution in [2.24, 2.45) is 0 Å². The molecule has 136 valence electrons. The summed E-state index contributed by atoms with van der Waals surface area (Å²) in [6.45, 7) is 1.99. The largest absolute Gasteiger partial charge is 0.450 e. The molecule has 1 N–H and O–H groups in total. The van der Waals surface area contributed by atoms with E-state index in [2.05, 4.69) is 15.5 Å². The van der Waals surface area contributed by atoms with Gasteiger partial charge in [-0.2, -0.15) is 0 Å². The molecule has 25 heavy (non-hydrogen) atoms. The molecule has 1 aromatic carbocycles. The highest BCUT2D eigenvalue weighted by Gasteiger charge is 2.17. The van der Waals surface area contributed by atoms with E-state index >= 15 is 0 Å². The van der Waals surface area contributed by atoms with Crippen LogP contribution < -0.4 is 5.32 Å². The standard InChI is InChI=1S/C14H18N4O4S3/c1-4-22-13(19)15-12-16-17-14(24-12)23-9-10-6-5-7-11(8-10)25(20,21)18(2)3/h5-8H,4,9H2,1-3H3,(H,15,16,19). The molecule has 11 heteroatoms. The van der Waals surface area contributed by atoms with Gasteiger partial charge in [0.2, 0.25) is 15.2 Å². The van der Waals surface area contributed by atoms with Crippen molar-refractivity contribution in [3.05, 3.63) is 29.8 Å². The lowest BCUT2D eigenvalue weighted by Crippen LogP contribution is -2.22. The van der Waals surface area contributed by atoms with E-state index in [1.165, 1.54) is 41.5 Å². The van der Waals surface area contributed by atoms with E-state index < -0.39 is 16.1 Å². The van der Waals surface area contributed by atoms with Gasteiger partial charge in [-0.15, -0.1) is 10.2 Å². The topological polar surface area (TPSA) is 101 Å². The van der Waals surface area contributed by atoms with Gasteiger partial charge in [-0.3, -0.25) is 5.32 Å². The van der Waals surface area contributed by atoms with Crippen molar-refractivity contribution in [3.8, 4) is 0 Å². The van der Waals surface area contributed by atoms with Gasteiger partial charge in [0.25, 0.3) is 0 Å². The number of hydrogen-bond donors (Lipinski definition) is 1. The van der Waals surface area contributed by atoms with Crippen molar-refractivity contribution < 1.29 is 17.9 Å². The predicted molar refractivity (Wildman–Crippen MR) is 97.4 cm³/mol. The van der Waals surface area contributed by atoms with E-state index in [-0.39, 0.29) is 11.5 Å². The zero-order valence-corrected chi connectivity index (χ0v) is 16.4. The minimum Gasteiger partial charge on any atom is -0.450 e. The maximum Gasteiger partial charge on any atom is 0.413 e. The Labute approximate surface area is 154 Å². The summed E-state index contributed by atoms with van der Waals surface area (Å²) in [5.74, 6) is 0.533. The average molecular weight is 403 g/mol. The van der Waals surface area contributed by atoms with Crippen LogP contribution in [-0.4, -0.2) is 49.7 Å². The molecule has 0 unspecified atom stereocenters. The highest BCUT2D eigenvalue weighted by molar-refractivity contribution is 8.00. The molecular formula is C14H18N4O4S3. The fourth-order valence-electron chi connectivity index (χ4n) is 1.72. The lowest BCUT2D eigenvalue weighted by atomic mass is 10.2. The summed E-state index contributed by atoms with van der Waals surface area (Å²) >= 11 is 2.63. The highest BCUT2D eigenvalue weighted by atomic mass is 32.2. The number of hydrogen-bond acceptors (Lipinski definition) is 8. The molecule has 1 heterocycles. The van der Waals surface area contributed by atoms with Crippen LogP contribution in [0.5, 0.6) is 0 Å². The third-order valence-electron chi connectivity index (χ3n) is 2.93. The number of ether oxygens (including phenoxy) is 1. The molecule has 0 aliphatic heterocycles. The minimum atomic E-state index is -3.46. The second kappa shape index (κ2) is 8.61. The molecule has 0 aliphatic carbocycles. The fraction of sp³-hybridized carbons (Fsp3) is 0.357. The summed E-state index contributed by atoms with van der Waals surface area (Å²) in [7, 11) is -0.468. The molecule has 1 amide bonds. The third-order valence-corrected chi connectivity index (χ3v) is 6.78. The van der Waals surface area contributed by atoms with E-state index in [9.17, 15) is 13.2 Å². The van der Waals surface area contributed by atoms with Gasteiger partial charge in [-0.25, -0.2) is 17.5 Å². The predicted octanol–water partition coefficient (Wildman–Crippen LogP) is 2.65. The van der Waals surface area contributed by atoms with Crippen LogP contribution in [0.4, 0.5) is 9.93 Å². The lowest BCUT2D eigenvalue weighted by Gasteiger charge is -2.12. The number of anilines is 1. The normalized spacial score (nSPS) is 11.5. The first kappa shape index (κ1) is 19.6. The zero-order chi connectivity index (χ0) is 18.4. The molecular weight excluding hydrogens is 384 g/mol. The van der Waals surface area contributed by atoms with Crippen LogP contribution >= 0.6 is 23.1 Å². The van der Waals surface area contributed by atoms with E-state index in [1.807, 2.05) is 6.07 Å². The van der Waals surface area contributed by atoms with Gasteiger partial charge in [0, 0.05) is 19.8 Å². The van der Waals surface area contributed by atoms with Gasteiger partial charge >= 0.3 is 6.09 Å². The summed E-state index contributed by atoms with van der Waals surface area (Å²) in [4.78, 5) is 11.6. The number of benzene rings is 1. The van der Waals surface area contributed by atoms with Crippen molar-refractivity contribution in [2.75, 3.05) is 26.0 Å². The zero-order valence-electron chi connectivity index (χ0n) is 13.9. The van der Waals surface area contributed by atoms with Gasteiger partial charge in [-0.1, -0.05) is 35.2 Å². The SMILES string of the molecule is CCOC(=O)Nc1nnc(SCc2cccc(S(=O)(=O)N(C)C)c2)s1. The quantitative estimate of drug-likeness (QED) is 0.561. The maximum atomic E-state index is 12.2.